The normalized spacial score (nSPS) is 10.7. The van der Waals surface area contributed by atoms with Gasteiger partial charge in [0.05, 0.1) is 0 Å². The number of hydrogen-bond acceptors (Lipinski definition) is 4. The van der Waals surface area contributed by atoms with E-state index in [0.717, 1.165) is 0 Å². The van der Waals surface area contributed by atoms with Gasteiger partial charge in [-0.15, -0.1) is 0 Å². The summed E-state index contributed by atoms with van der Waals surface area (Å²) in [6.45, 7) is 0.157. The molecule has 0 aromatic heterocycles. The minimum atomic E-state index is -0.598. The standard InChI is InChI=1S/C17H14FN3O2/c18-16-4-2-1-3-12(16)10-20-11-13(9-19)17(23)21-14-5-7-15(22)8-6-14/h1-8,11,20,22H,10H2,(H,21,23)/b13-11-. The molecule has 0 unspecified atom stereocenters. The summed E-state index contributed by atoms with van der Waals surface area (Å²) in [4.78, 5) is 12.0. The van der Waals surface area contributed by atoms with Gasteiger partial charge in [0.2, 0.25) is 0 Å². The number of phenolic OH excluding ortho intramolecular Hbond substituents is 1. The number of anilines is 1. The van der Waals surface area contributed by atoms with Gasteiger partial charge in [-0.2, -0.15) is 5.26 Å². The smallest absolute Gasteiger partial charge is 0.267 e. The van der Waals surface area contributed by atoms with Crippen LogP contribution in [0.25, 0.3) is 0 Å². The van der Waals surface area contributed by atoms with Crippen molar-refractivity contribution in [2.45, 2.75) is 6.54 Å². The number of hydrogen-bond donors (Lipinski definition) is 3. The summed E-state index contributed by atoms with van der Waals surface area (Å²) in [5, 5.41) is 23.5. The molecule has 3 N–H and O–H groups in total. The Kier molecular flexibility index (Phi) is 5.31. The molecule has 6 heteroatoms. The van der Waals surface area contributed by atoms with Gasteiger partial charge in [0, 0.05) is 24.0 Å². The lowest BCUT2D eigenvalue weighted by Crippen LogP contribution is -2.16. The van der Waals surface area contributed by atoms with E-state index in [1.165, 1.54) is 36.5 Å². The van der Waals surface area contributed by atoms with Crippen molar-refractivity contribution in [3.05, 3.63) is 71.7 Å². The molecule has 0 saturated carbocycles. The molecule has 0 aliphatic rings. The van der Waals surface area contributed by atoms with Crippen LogP contribution in [-0.2, 0) is 11.3 Å². The Morgan fingerprint density at radius 3 is 2.57 bits per heavy atom. The minimum absolute atomic E-state index is 0.0746. The molecule has 116 valence electrons. The SMILES string of the molecule is N#C/C(=C/NCc1ccccc1F)C(=O)Nc1ccc(O)cc1. The molecule has 2 aromatic carbocycles. The van der Waals surface area contributed by atoms with E-state index >= 15 is 0 Å². The Bertz CT molecular complexity index is 764. The van der Waals surface area contributed by atoms with E-state index in [1.54, 1.807) is 24.3 Å². The number of amides is 1. The number of nitriles is 1. The van der Waals surface area contributed by atoms with Crippen LogP contribution >= 0.6 is 0 Å². The van der Waals surface area contributed by atoms with E-state index in [0.29, 0.717) is 11.3 Å². The zero-order valence-corrected chi connectivity index (χ0v) is 12.1. The van der Waals surface area contributed by atoms with Crippen molar-refractivity contribution in [3.63, 3.8) is 0 Å². The molecular weight excluding hydrogens is 297 g/mol. The number of phenols is 1. The highest BCUT2D eigenvalue weighted by molar-refractivity contribution is 6.06. The van der Waals surface area contributed by atoms with Gasteiger partial charge in [0.1, 0.15) is 23.2 Å². The molecule has 0 atom stereocenters. The van der Waals surface area contributed by atoms with Crippen molar-refractivity contribution in [2.75, 3.05) is 5.32 Å². The van der Waals surface area contributed by atoms with E-state index in [4.69, 9.17) is 5.26 Å². The maximum Gasteiger partial charge on any atom is 0.267 e. The van der Waals surface area contributed by atoms with E-state index in [2.05, 4.69) is 10.6 Å². The van der Waals surface area contributed by atoms with Gasteiger partial charge in [0.15, 0.2) is 0 Å². The van der Waals surface area contributed by atoms with Crippen molar-refractivity contribution in [3.8, 4) is 11.8 Å². The third-order valence-electron chi connectivity index (χ3n) is 2.99. The fourth-order valence-corrected chi connectivity index (χ4v) is 1.80. The van der Waals surface area contributed by atoms with Crippen LogP contribution in [-0.4, -0.2) is 11.0 Å². The third-order valence-corrected chi connectivity index (χ3v) is 2.99. The second-order valence-electron chi connectivity index (χ2n) is 4.64. The first-order valence-electron chi connectivity index (χ1n) is 6.77. The van der Waals surface area contributed by atoms with E-state index in [1.807, 2.05) is 0 Å². The van der Waals surface area contributed by atoms with Crippen LogP contribution in [0, 0.1) is 17.1 Å². The zero-order chi connectivity index (χ0) is 16.7. The van der Waals surface area contributed by atoms with Gasteiger partial charge in [-0.05, 0) is 30.3 Å². The molecule has 1 amide bonds. The molecule has 0 spiro atoms. The fourth-order valence-electron chi connectivity index (χ4n) is 1.80. The maximum atomic E-state index is 13.4. The molecule has 0 saturated heterocycles. The van der Waals surface area contributed by atoms with Crippen molar-refractivity contribution in [1.82, 2.24) is 5.32 Å². The molecule has 23 heavy (non-hydrogen) atoms. The number of carbonyl (C=O) groups is 1. The van der Waals surface area contributed by atoms with Gasteiger partial charge in [-0.3, -0.25) is 4.79 Å². The van der Waals surface area contributed by atoms with Gasteiger partial charge >= 0.3 is 0 Å². The second-order valence-corrected chi connectivity index (χ2v) is 4.64. The molecule has 2 aromatic rings. The lowest BCUT2D eigenvalue weighted by molar-refractivity contribution is -0.112. The minimum Gasteiger partial charge on any atom is -0.508 e. The Morgan fingerprint density at radius 1 is 1.22 bits per heavy atom. The average Bonchev–Trinajstić information content (AvgIpc) is 2.55. The lowest BCUT2D eigenvalue weighted by atomic mass is 10.2. The zero-order valence-electron chi connectivity index (χ0n) is 12.1. The molecule has 0 radical (unpaired) electrons. The molecule has 5 nitrogen and oxygen atoms in total. The van der Waals surface area contributed by atoms with Gasteiger partial charge in [0.25, 0.3) is 5.91 Å². The molecule has 0 fully saturated rings. The summed E-state index contributed by atoms with van der Waals surface area (Å²) in [6.07, 6.45) is 1.24. The summed E-state index contributed by atoms with van der Waals surface area (Å²) in [6, 6.07) is 13.9. The number of nitrogens with zero attached hydrogens (tertiary/aromatic N) is 1. The van der Waals surface area contributed by atoms with Crippen molar-refractivity contribution >= 4 is 11.6 Å². The van der Waals surface area contributed by atoms with Gasteiger partial charge < -0.3 is 15.7 Å². The van der Waals surface area contributed by atoms with E-state index in [9.17, 15) is 14.3 Å². The van der Waals surface area contributed by atoms with Crippen LogP contribution in [0.1, 0.15) is 5.56 Å². The second kappa shape index (κ2) is 7.61. The van der Waals surface area contributed by atoms with Crippen LogP contribution in [0.5, 0.6) is 5.75 Å². The van der Waals surface area contributed by atoms with Crippen LogP contribution < -0.4 is 10.6 Å². The highest BCUT2D eigenvalue weighted by Gasteiger charge is 2.09. The van der Waals surface area contributed by atoms with Crippen LogP contribution in [0.3, 0.4) is 0 Å². The van der Waals surface area contributed by atoms with Crippen molar-refractivity contribution in [2.24, 2.45) is 0 Å². The topological polar surface area (TPSA) is 85.2 Å². The van der Waals surface area contributed by atoms with Crippen LogP contribution in [0.15, 0.2) is 60.3 Å². The van der Waals surface area contributed by atoms with E-state index in [-0.39, 0.29) is 23.7 Å². The predicted octanol–water partition coefficient (Wildman–Crippen LogP) is 2.67. The number of nitrogens with one attached hydrogen (secondary N) is 2. The molecular formula is C17H14FN3O2. The first-order valence-corrected chi connectivity index (χ1v) is 6.77. The number of halogens is 1. The number of carbonyl (C=O) groups excluding carboxylic acids is 1. The Labute approximate surface area is 132 Å². The summed E-state index contributed by atoms with van der Waals surface area (Å²) < 4.78 is 13.4. The molecule has 0 aliphatic heterocycles. The number of benzene rings is 2. The van der Waals surface area contributed by atoms with E-state index < -0.39 is 5.91 Å². The average molecular weight is 311 g/mol. The summed E-state index contributed by atoms with van der Waals surface area (Å²) in [5.74, 6) is -0.884. The third kappa shape index (κ3) is 4.58. The Balaban J connectivity index is 1.98. The van der Waals surface area contributed by atoms with Gasteiger partial charge in [-0.25, -0.2) is 4.39 Å². The monoisotopic (exact) mass is 311 g/mol. The highest BCUT2D eigenvalue weighted by Crippen LogP contribution is 2.14. The van der Waals surface area contributed by atoms with Crippen molar-refractivity contribution < 1.29 is 14.3 Å². The molecule has 0 bridgehead atoms. The summed E-state index contributed by atoms with van der Waals surface area (Å²) in [5.41, 5.74) is 0.734. The quantitative estimate of drug-likeness (QED) is 0.450. The Morgan fingerprint density at radius 2 is 1.91 bits per heavy atom. The summed E-state index contributed by atoms with van der Waals surface area (Å²) in [7, 11) is 0. The molecule has 0 aliphatic carbocycles. The highest BCUT2D eigenvalue weighted by atomic mass is 19.1. The molecule has 2 rings (SSSR count). The summed E-state index contributed by atoms with van der Waals surface area (Å²) >= 11 is 0. The lowest BCUT2D eigenvalue weighted by Gasteiger charge is -2.06. The van der Waals surface area contributed by atoms with Crippen LogP contribution in [0.2, 0.25) is 0 Å². The van der Waals surface area contributed by atoms with Crippen LogP contribution in [0.4, 0.5) is 10.1 Å². The van der Waals surface area contributed by atoms with Crippen molar-refractivity contribution in [1.29, 1.82) is 5.26 Å². The predicted molar refractivity (Wildman–Crippen MR) is 83.7 cm³/mol. The number of rotatable bonds is 5. The van der Waals surface area contributed by atoms with Gasteiger partial charge in [-0.1, -0.05) is 18.2 Å². The largest absolute Gasteiger partial charge is 0.508 e. The maximum absolute atomic E-state index is 13.4. The number of aromatic hydroxyl groups is 1. The molecule has 0 heterocycles. The first kappa shape index (κ1) is 16.0. The fraction of sp³-hybridized carbons (Fsp3) is 0.0588. The first-order chi connectivity index (χ1) is 11.1. The Hall–Kier alpha value is -3.33.